The van der Waals surface area contributed by atoms with Crippen molar-refractivity contribution in [3.05, 3.63) is 86.1 Å². The Morgan fingerprint density at radius 3 is 2.62 bits per heavy atom. The van der Waals surface area contributed by atoms with Gasteiger partial charge in [-0.3, -0.25) is 0 Å². The van der Waals surface area contributed by atoms with Crippen molar-refractivity contribution in [2.45, 2.75) is 46.6 Å². The van der Waals surface area contributed by atoms with Gasteiger partial charge in [0.05, 0.1) is 6.04 Å². The number of aryl methyl sites for hydroxylation is 3. The third-order valence-electron chi connectivity index (χ3n) is 5.88. The van der Waals surface area contributed by atoms with E-state index in [2.05, 4.69) is 62.5 Å². The zero-order valence-corrected chi connectivity index (χ0v) is 18.4. The van der Waals surface area contributed by atoms with Gasteiger partial charge in [-0.1, -0.05) is 49.4 Å². The summed E-state index contributed by atoms with van der Waals surface area (Å²) in [5.74, 6) is 0. The number of hydrogen-bond acceptors (Lipinski definition) is 2. The van der Waals surface area contributed by atoms with Crippen molar-refractivity contribution in [2.75, 3.05) is 11.9 Å². The van der Waals surface area contributed by atoms with Gasteiger partial charge in [-0.25, -0.2) is 4.79 Å². The number of anilines is 1. The molecule has 1 aliphatic rings. The van der Waals surface area contributed by atoms with Crippen molar-refractivity contribution >= 4 is 23.1 Å². The fraction of sp³-hybridized carbons (Fsp3) is 0.320. The number of fused-ring (bicyclic) bond motifs is 1. The first-order valence-electron chi connectivity index (χ1n) is 10.3. The van der Waals surface area contributed by atoms with Crippen LogP contribution in [0.5, 0.6) is 0 Å². The maximum absolute atomic E-state index is 13.4. The van der Waals surface area contributed by atoms with Gasteiger partial charge in [-0.05, 0) is 67.5 Å². The van der Waals surface area contributed by atoms with Crippen LogP contribution in [0.1, 0.15) is 50.5 Å². The largest absolute Gasteiger partial charge is 0.322 e. The Morgan fingerprint density at radius 2 is 1.90 bits per heavy atom. The highest BCUT2D eigenvalue weighted by atomic mass is 32.1. The molecule has 4 rings (SSSR count). The van der Waals surface area contributed by atoms with Crippen LogP contribution in [0.15, 0.2) is 48.5 Å². The molecule has 2 aromatic carbocycles. The van der Waals surface area contributed by atoms with Gasteiger partial charge in [0, 0.05) is 22.0 Å². The van der Waals surface area contributed by atoms with Gasteiger partial charge in [-0.2, -0.15) is 0 Å². The highest BCUT2D eigenvalue weighted by Gasteiger charge is 2.35. The quantitative estimate of drug-likeness (QED) is 0.537. The first-order valence-corrected chi connectivity index (χ1v) is 11.1. The molecule has 0 unspecified atom stereocenters. The molecule has 0 saturated carbocycles. The molecule has 0 spiro atoms. The molecule has 1 aliphatic heterocycles. The van der Waals surface area contributed by atoms with Crippen LogP contribution in [-0.2, 0) is 12.8 Å². The lowest BCUT2D eigenvalue weighted by atomic mass is 9.92. The monoisotopic (exact) mass is 404 g/mol. The SMILES string of the molecule is CCc1c(C)sc2c1CCN(C(=O)Nc1cc(C)ccc1C)[C@@H]2c1ccccc1. The van der Waals surface area contributed by atoms with Crippen molar-refractivity contribution in [3.8, 4) is 0 Å². The molecule has 4 heteroatoms. The summed E-state index contributed by atoms with van der Waals surface area (Å²) in [7, 11) is 0. The minimum atomic E-state index is -0.0333. The molecular weight excluding hydrogens is 376 g/mol. The summed E-state index contributed by atoms with van der Waals surface area (Å²) in [5.41, 5.74) is 7.23. The molecule has 0 bridgehead atoms. The zero-order chi connectivity index (χ0) is 20.5. The van der Waals surface area contributed by atoms with Crippen molar-refractivity contribution < 1.29 is 4.79 Å². The van der Waals surface area contributed by atoms with Crippen LogP contribution in [0, 0.1) is 20.8 Å². The molecule has 0 saturated heterocycles. The van der Waals surface area contributed by atoms with Crippen LogP contribution in [0.3, 0.4) is 0 Å². The Bertz CT molecular complexity index is 1040. The van der Waals surface area contributed by atoms with Crippen molar-refractivity contribution in [1.82, 2.24) is 4.90 Å². The second-order valence-electron chi connectivity index (χ2n) is 7.84. The standard InChI is InChI=1S/C25H28N2OS/c1-5-20-18(4)29-24-21(20)13-14-27(23(24)19-9-7-6-8-10-19)25(28)26-22-15-16(2)11-12-17(22)3/h6-12,15,23H,5,13-14H2,1-4H3,(H,26,28)/t23-/m1/s1. The summed E-state index contributed by atoms with van der Waals surface area (Å²) in [4.78, 5) is 18.1. The van der Waals surface area contributed by atoms with Gasteiger partial charge in [0.25, 0.3) is 0 Å². The summed E-state index contributed by atoms with van der Waals surface area (Å²) < 4.78 is 0. The minimum absolute atomic E-state index is 0.0256. The highest BCUT2D eigenvalue weighted by Crippen LogP contribution is 2.43. The second-order valence-corrected chi connectivity index (χ2v) is 9.09. The number of rotatable bonds is 3. The van der Waals surface area contributed by atoms with E-state index in [-0.39, 0.29) is 12.1 Å². The number of carbonyl (C=O) groups is 1. The Balaban J connectivity index is 1.73. The van der Waals surface area contributed by atoms with Gasteiger partial charge in [0.1, 0.15) is 0 Å². The molecule has 1 atom stereocenters. The normalized spacial score (nSPS) is 15.9. The summed E-state index contributed by atoms with van der Waals surface area (Å²) in [6.45, 7) is 9.26. The highest BCUT2D eigenvalue weighted by molar-refractivity contribution is 7.12. The number of nitrogens with one attached hydrogen (secondary N) is 1. The van der Waals surface area contributed by atoms with Gasteiger partial charge >= 0.3 is 6.03 Å². The zero-order valence-electron chi connectivity index (χ0n) is 17.6. The van der Waals surface area contributed by atoms with Crippen LogP contribution in [0.25, 0.3) is 0 Å². The fourth-order valence-corrected chi connectivity index (χ4v) is 5.80. The van der Waals surface area contributed by atoms with E-state index in [1.165, 1.54) is 26.4 Å². The summed E-state index contributed by atoms with van der Waals surface area (Å²) in [6.07, 6.45) is 1.97. The lowest BCUT2D eigenvalue weighted by Crippen LogP contribution is -2.42. The Kier molecular flexibility index (Phi) is 5.46. The number of benzene rings is 2. The lowest BCUT2D eigenvalue weighted by molar-refractivity contribution is 0.195. The average molecular weight is 405 g/mol. The van der Waals surface area contributed by atoms with E-state index in [4.69, 9.17) is 0 Å². The molecule has 3 aromatic rings. The summed E-state index contributed by atoms with van der Waals surface area (Å²) in [5, 5.41) is 3.18. The third kappa shape index (κ3) is 3.69. The third-order valence-corrected chi connectivity index (χ3v) is 7.12. The van der Waals surface area contributed by atoms with E-state index in [9.17, 15) is 4.79 Å². The maximum atomic E-state index is 13.4. The molecular formula is C25H28N2OS. The number of carbonyl (C=O) groups excluding carboxylic acids is 1. The van der Waals surface area contributed by atoms with Crippen LogP contribution >= 0.6 is 11.3 Å². The smallest absolute Gasteiger partial charge is 0.312 e. The number of urea groups is 1. The number of thiophene rings is 1. The molecule has 1 aromatic heterocycles. The fourth-order valence-electron chi connectivity index (χ4n) is 4.35. The number of nitrogens with zero attached hydrogens (tertiary/aromatic N) is 1. The van der Waals surface area contributed by atoms with Crippen LogP contribution in [-0.4, -0.2) is 17.5 Å². The molecule has 1 N–H and O–H groups in total. The van der Waals surface area contributed by atoms with Crippen LogP contribution in [0.4, 0.5) is 10.5 Å². The first kappa shape index (κ1) is 19.7. The van der Waals surface area contributed by atoms with Crippen molar-refractivity contribution in [1.29, 1.82) is 0 Å². The molecule has 2 heterocycles. The lowest BCUT2D eigenvalue weighted by Gasteiger charge is -2.36. The van der Waals surface area contributed by atoms with E-state index in [0.717, 1.165) is 36.2 Å². The molecule has 150 valence electrons. The number of hydrogen-bond donors (Lipinski definition) is 1. The molecule has 0 radical (unpaired) electrons. The molecule has 0 fully saturated rings. The summed E-state index contributed by atoms with van der Waals surface area (Å²) in [6, 6.07) is 16.6. The minimum Gasteiger partial charge on any atom is -0.312 e. The Labute approximate surface area is 177 Å². The molecule has 2 amide bonds. The van der Waals surface area contributed by atoms with Crippen LogP contribution < -0.4 is 5.32 Å². The van der Waals surface area contributed by atoms with Gasteiger partial charge in [0.15, 0.2) is 0 Å². The predicted octanol–water partition coefficient (Wildman–Crippen LogP) is 6.42. The van der Waals surface area contributed by atoms with E-state index in [1.54, 1.807) is 0 Å². The molecule has 0 aliphatic carbocycles. The van der Waals surface area contributed by atoms with E-state index >= 15 is 0 Å². The predicted molar refractivity (Wildman–Crippen MR) is 122 cm³/mol. The van der Waals surface area contributed by atoms with E-state index < -0.39 is 0 Å². The topological polar surface area (TPSA) is 32.3 Å². The average Bonchev–Trinajstić information content (AvgIpc) is 3.05. The van der Waals surface area contributed by atoms with E-state index in [1.807, 2.05) is 35.3 Å². The van der Waals surface area contributed by atoms with Crippen LogP contribution in [0.2, 0.25) is 0 Å². The molecule has 29 heavy (non-hydrogen) atoms. The number of amides is 2. The van der Waals surface area contributed by atoms with Gasteiger partial charge in [0.2, 0.25) is 0 Å². The Hall–Kier alpha value is -2.59. The van der Waals surface area contributed by atoms with Gasteiger partial charge in [-0.15, -0.1) is 11.3 Å². The van der Waals surface area contributed by atoms with E-state index in [0.29, 0.717) is 0 Å². The second kappa shape index (κ2) is 8.03. The first-order chi connectivity index (χ1) is 14.0. The molecule has 3 nitrogen and oxygen atoms in total. The Morgan fingerprint density at radius 1 is 1.14 bits per heavy atom. The summed E-state index contributed by atoms with van der Waals surface area (Å²) >= 11 is 1.86. The van der Waals surface area contributed by atoms with Gasteiger partial charge < -0.3 is 10.2 Å². The van der Waals surface area contributed by atoms with Crippen molar-refractivity contribution in [2.24, 2.45) is 0 Å². The maximum Gasteiger partial charge on any atom is 0.322 e. The van der Waals surface area contributed by atoms with Crippen molar-refractivity contribution in [3.63, 3.8) is 0 Å².